The molecule has 1 fully saturated rings. The molecule has 12 amide bonds. The molecule has 0 aliphatic carbocycles. The number of carboxylic acids is 3. The van der Waals surface area contributed by atoms with E-state index < -0.39 is 211 Å². The zero-order valence-electron chi connectivity index (χ0n) is 60.6. The molecule has 582 valence electrons. The lowest BCUT2D eigenvalue weighted by molar-refractivity contribution is -0.145. The van der Waals surface area contributed by atoms with Crippen LogP contribution in [0.5, 0.6) is 0 Å². The van der Waals surface area contributed by atoms with Gasteiger partial charge in [0.15, 0.2) is 6.04 Å². The van der Waals surface area contributed by atoms with E-state index in [-0.39, 0.29) is 43.9 Å². The van der Waals surface area contributed by atoms with Crippen LogP contribution in [-0.2, 0) is 91.2 Å². The number of aromatic amines is 3. The van der Waals surface area contributed by atoms with E-state index >= 15 is 4.79 Å². The number of carbonyl (C=O) groups excluding carboxylic acids is 12. The Kier molecular flexibility index (Phi) is 32.6. The molecule has 0 unspecified atom stereocenters. The number of H-pyrrole nitrogens is 3. The molecule has 4 heterocycles. The predicted octanol–water partition coefficient (Wildman–Crippen LogP) is -0.547. The van der Waals surface area contributed by atoms with Crippen LogP contribution in [0.25, 0.3) is 21.8 Å². The first-order valence-corrected chi connectivity index (χ1v) is 37.3. The molecular formula is C70H96N16O19S2. The quantitative estimate of drug-likeness (QED) is 0.0387. The van der Waals surface area contributed by atoms with Crippen molar-refractivity contribution < 1.29 is 92.3 Å². The molecule has 19 N–H and O–H groups in total. The molecular weight excluding hydrogens is 1430 g/mol. The monoisotopic (exact) mass is 1530 g/mol. The molecule has 2 aromatic carbocycles. The SMILES string of the molecule is CC(C)C[C@@H]1NC(=O)[C@H](Cc2cnc[nH]2)NC(=O)[C@H](Cc2c[nH]c3ccccc23)NC(=O)[C@H](C)NC(=O)[C@@H](NC(=O)[C@@H](C)CC(=O)O)CSSC[C@@H](C(=O)N[C@H](C(=O)O)[C@@H](C)O)NC(=O)[C@H](Cc2c[nH]c3ccccc23)NC(=O)[C@H](C(C)C)NC(=O)[C@H](CC(C)C)NC(=O)[C@H](CCC(=O)O)NC(=O)CNC1=O. The van der Waals surface area contributed by atoms with E-state index in [4.69, 9.17) is 0 Å². The summed E-state index contributed by atoms with van der Waals surface area (Å²) in [7, 11) is 1.62. The zero-order chi connectivity index (χ0) is 78.9. The van der Waals surface area contributed by atoms with Gasteiger partial charge in [0.25, 0.3) is 0 Å². The van der Waals surface area contributed by atoms with Gasteiger partial charge < -0.3 is 99.2 Å². The number of carbonyl (C=O) groups is 15. The average molecular weight is 1530 g/mol. The molecule has 0 radical (unpaired) electrons. The van der Waals surface area contributed by atoms with Gasteiger partial charge in [-0.15, -0.1) is 0 Å². The van der Waals surface area contributed by atoms with Gasteiger partial charge in [-0.05, 0) is 74.1 Å². The third-order valence-corrected chi connectivity index (χ3v) is 19.7. The molecule has 37 heteroatoms. The van der Waals surface area contributed by atoms with Gasteiger partial charge >= 0.3 is 17.9 Å². The summed E-state index contributed by atoms with van der Waals surface area (Å²) < 4.78 is 0. The summed E-state index contributed by atoms with van der Waals surface area (Å²) in [5.41, 5.74) is 2.59. The van der Waals surface area contributed by atoms with E-state index in [1.165, 1.54) is 26.4 Å². The Hall–Kier alpha value is -10.6. The number of hydrogen-bond acceptors (Lipinski definition) is 19. The van der Waals surface area contributed by atoms with Crippen molar-refractivity contribution in [2.45, 2.75) is 186 Å². The van der Waals surface area contributed by atoms with Gasteiger partial charge in [0.2, 0.25) is 70.9 Å². The minimum Gasteiger partial charge on any atom is -0.481 e. The highest BCUT2D eigenvalue weighted by molar-refractivity contribution is 8.76. The van der Waals surface area contributed by atoms with Crippen LogP contribution in [0.3, 0.4) is 0 Å². The summed E-state index contributed by atoms with van der Waals surface area (Å²) >= 11 is 0. The number of nitrogens with one attached hydrogen (secondary N) is 15. The number of nitrogens with zero attached hydrogens (tertiary/aromatic N) is 1. The maximum absolute atomic E-state index is 15.0. The van der Waals surface area contributed by atoms with Gasteiger partial charge in [0.05, 0.1) is 25.4 Å². The smallest absolute Gasteiger partial charge is 0.328 e. The second-order valence-corrected chi connectivity index (χ2v) is 30.0. The molecule has 6 rings (SSSR count). The van der Waals surface area contributed by atoms with Crippen LogP contribution in [0.4, 0.5) is 0 Å². The molecule has 1 aliphatic rings. The predicted molar refractivity (Wildman–Crippen MR) is 392 cm³/mol. The fourth-order valence-corrected chi connectivity index (χ4v) is 13.8. The number of aliphatic hydroxyl groups excluding tert-OH is 1. The lowest BCUT2D eigenvalue weighted by atomic mass is 9.98. The van der Waals surface area contributed by atoms with Gasteiger partial charge in [-0.1, -0.05) is 106 Å². The highest BCUT2D eigenvalue weighted by Crippen LogP contribution is 2.26. The Morgan fingerprint density at radius 1 is 0.551 bits per heavy atom. The second-order valence-electron chi connectivity index (χ2n) is 27.5. The van der Waals surface area contributed by atoms with Gasteiger partial charge in [-0.25, -0.2) is 9.78 Å². The van der Waals surface area contributed by atoms with Crippen LogP contribution in [0.15, 0.2) is 73.4 Å². The molecule has 0 bridgehead atoms. The minimum absolute atomic E-state index is 0.0410. The maximum Gasteiger partial charge on any atom is 0.328 e. The lowest BCUT2D eigenvalue weighted by Gasteiger charge is -2.29. The van der Waals surface area contributed by atoms with Crippen molar-refractivity contribution in [2.24, 2.45) is 23.7 Å². The van der Waals surface area contributed by atoms with Crippen molar-refractivity contribution >= 4 is 132 Å². The largest absolute Gasteiger partial charge is 0.481 e. The maximum atomic E-state index is 15.0. The zero-order valence-corrected chi connectivity index (χ0v) is 62.3. The Morgan fingerprint density at radius 3 is 1.58 bits per heavy atom. The standard InChI is InChI=1S/C70H96N16O19S2/c1-33(2)20-47-61(95)74-29-54(88)77-46(18-19-55(89)90)62(96)80-48(21-34(3)4)66(100)85-57(35(5)6)69(103)82-50(24-40-27-73-45-17-13-11-15-43(40)45)64(98)84-53(68(102)86-58(38(9)87)70(104)105)31-107-106-30-52(83-59(93)36(7)22-56(91)92)67(101)76-37(8)60(94)78-49(23-39-26-72-44-16-12-10-14-42(39)44)63(97)81-51(65(99)79-47)25-41-28-71-32-75-41/h10-17,26-28,32-38,46-53,57-58,72-73,87H,18-25,29-31H2,1-9H3,(H,71,75)(H,74,95)(H,76,101)(H,77,88)(H,78,94)(H,79,99)(H,80,96)(H,81,97)(H,82,103)(H,83,93)(H,84,98)(H,85,100)(H,86,102)(H,89,90)(H,91,92)(H,104,105)/t36-,37-,38+,46-,47-,48-,49-,50-,51-,52-,53-,57-,58-/m0/s1. The summed E-state index contributed by atoms with van der Waals surface area (Å²) in [5.74, 6) is -19.7. The summed E-state index contributed by atoms with van der Waals surface area (Å²) in [5, 5.41) is 71.8. The number of carboxylic acid groups (broad SMARTS) is 3. The summed E-state index contributed by atoms with van der Waals surface area (Å²) in [6.45, 7) is 12.8. The lowest BCUT2D eigenvalue weighted by Crippen LogP contribution is -2.61. The molecule has 107 heavy (non-hydrogen) atoms. The van der Waals surface area contributed by atoms with Crippen LogP contribution in [0, 0.1) is 23.7 Å². The number of hydrogen-bond donors (Lipinski definition) is 19. The average Bonchev–Trinajstić information content (AvgIpc) is 1.69. The summed E-state index contributed by atoms with van der Waals surface area (Å²) in [6, 6.07) is -3.61. The number of aliphatic hydroxyl groups is 1. The molecule has 1 aliphatic heterocycles. The highest BCUT2D eigenvalue weighted by atomic mass is 33.1. The molecule has 0 saturated carbocycles. The topological polar surface area (TPSA) is 542 Å². The Morgan fingerprint density at radius 2 is 1.06 bits per heavy atom. The molecule has 13 atom stereocenters. The number of benzene rings is 2. The van der Waals surface area contributed by atoms with Gasteiger partial charge in [-0.3, -0.25) is 67.1 Å². The minimum atomic E-state index is -1.94. The molecule has 5 aromatic rings. The van der Waals surface area contributed by atoms with E-state index in [9.17, 15) is 87.5 Å². The van der Waals surface area contributed by atoms with E-state index in [0.29, 0.717) is 38.6 Å². The molecule has 1 saturated heterocycles. The number of para-hydroxylation sites is 2. The van der Waals surface area contributed by atoms with Crippen molar-refractivity contribution in [3.05, 3.63) is 90.3 Å². The van der Waals surface area contributed by atoms with Crippen LogP contribution in [0.2, 0.25) is 0 Å². The van der Waals surface area contributed by atoms with Gasteiger partial charge in [0.1, 0.15) is 60.4 Å². The van der Waals surface area contributed by atoms with Crippen LogP contribution in [0.1, 0.15) is 111 Å². The normalized spacial score (nSPS) is 23.2. The van der Waals surface area contributed by atoms with E-state index in [2.05, 4.69) is 83.7 Å². The van der Waals surface area contributed by atoms with E-state index in [1.54, 1.807) is 102 Å². The Bertz CT molecular complexity index is 3990. The van der Waals surface area contributed by atoms with Gasteiger partial charge in [-0.2, -0.15) is 0 Å². The first kappa shape index (κ1) is 85.4. The Balaban J connectivity index is 1.44. The fraction of sp³-hybridized carbons (Fsp3) is 0.514. The molecule has 0 spiro atoms. The highest BCUT2D eigenvalue weighted by Gasteiger charge is 2.39. The second kappa shape index (κ2) is 40.8. The third-order valence-electron chi connectivity index (χ3n) is 17.3. The van der Waals surface area contributed by atoms with Gasteiger partial charge in [0, 0.05) is 89.2 Å². The van der Waals surface area contributed by atoms with Crippen molar-refractivity contribution in [3.8, 4) is 0 Å². The van der Waals surface area contributed by atoms with Crippen molar-refractivity contribution in [2.75, 3.05) is 18.1 Å². The Labute approximate surface area is 623 Å². The number of aliphatic carboxylic acids is 3. The number of imidazole rings is 1. The third kappa shape index (κ3) is 26.5. The van der Waals surface area contributed by atoms with E-state index in [1.807, 2.05) is 0 Å². The van der Waals surface area contributed by atoms with Crippen LogP contribution in [-0.4, -0.2) is 220 Å². The first-order valence-electron chi connectivity index (χ1n) is 34.9. The fourth-order valence-electron chi connectivity index (χ4n) is 11.5. The van der Waals surface area contributed by atoms with Crippen LogP contribution >= 0.6 is 21.6 Å². The number of amides is 12. The van der Waals surface area contributed by atoms with Crippen LogP contribution < -0.4 is 63.8 Å². The van der Waals surface area contributed by atoms with Crippen molar-refractivity contribution in [1.82, 2.24) is 83.7 Å². The number of rotatable bonds is 22. The first-order chi connectivity index (χ1) is 50.6. The summed E-state index contributed by atoms with van der Waals surface area (Å²) in [6.07, 6.45) is 1.35. The van der Waals surface area contributed by atoms with E-state index in [0.717, 1.165) is 28.5 Å². The summed E-state index contributed by atoms with van der Waals surface area (Å²) in [4.78, 5) is 223. The van der Waals surface area contributed by atoms with Crippen molar-refractivity contribution in [3.63, 3.8) is 0 Å². The molecule has 3 aromatic heterocycles. The number of fused-ring (bicyclic) bond motifs is 2. The van der Waals surface area contributed by atoms with Crippen molar-refractivity contribution in [1.29, 1.82) is 0 Å². The molecule has 35 nitrogen and oxygen atoms in total. The number of aromatic nitrogens is 4.